The van der Waals surface area contributed by atoms with E-state index in [4.69, 9.17) is 9.47 Å². The highest BCUT2D eigenvalue weighted by molar-refractivity contribution is 5.95. The zero-order chi connectivity index (χ0) is 21.6. The molecule has 0 fully saturated rings. The Bertz CT molecular complexity index is 627. The number of phenols is 2. The van der Waals surface area contributed by atoms with Crippen LogP contribution in [-0.2, 0) is 6.42 Å². The Hall–Kier alpha value is -2.11. The molecule has 0 aromatic heterocycles. The number of carbonyl (C=O) groups is 1. The lowest BCUT2D eigenvalue weighted by molar-refractivity contribution is 0.0690. The molecule has 0 unspecified atom stereocenters. The summed E-state index contributed by atoms with van der Waals surface area (Å²) < 4.78 is 11.7. The molecule has 0 atom stereocenters. The van der Waals surface area contributed by atoms with Crippen molar-refractivity contribution in [2.75, 3.05) is 13.2 Å². The molecule has 1 aromatic rings. The molecule has 0 radical (unpaired) electrons. The van der Waals surface area contributed by atoms with Crippen LogP contribution in [0.1, 0.15) is 101 Å². The van der Waals surface area contributed by atoms with Crippen molar-refractivity contribution >= 4 is 5.97 Å². The van der Waals surface area contributed by atoms with Crippen LogP contribution >= 0.6 is 0 Å². The molecule has 6 nitrogen and oxygen atoms in total. The van der Waals surface area contributed by atoms with Gasteiger partial charge in [0.25, 0.3) is 0 Å². The molecule has 1 rings (SSSR count). The van der Waals surface area contributed by atoms with Crippen molar-refractivity contribution in [2.24, 2.45) is 0 Å². The zero-order valence-electron chi connectivity index (χ0n) is 18.3. The van der Waals surface area contributed by atoms with Gasteiger partial charge in [0.15, 0.2) is 11.5 Å². The van der Waals surface area contributed by atoms with E-state index in [1.165, 1.54) is 12.8 Å². The summed E-state index contributed by atoms with van der Waals surface area (Å²) in [6.45, 7) is 6.88. The van der Waals surface area contributed by atoms with Gasteiger partial charge in [-0.25, -0.2) is 4.79 Å². The molecular formula is C23H38O6. The molecule has 166 valence electrons. The lowest BCUT2D eigenvalue weighted by Gasteiger charge is -2.20. The Morgan fingerprint density at radius 3 is 1.66 bits per heavy atom. The Kier molecular flexibility index (Phi) is 12.0. The van der Waals surface area contributed by atoms with E-state index < -0.39 is 17.5 Å². The quantitative estimate of drug-likeness (QED) is 0.226. The first kappa shape index (κ1) is 24.9. The van der Waals surface area contributed by atoms with Crippen LogP contribution in [-0.4, -0.2) is 34.5 Å². The minimum atomic E-state index is -1.30. The molecule has 0 amide bonds. The largest absolute Gasteiger partial charge is 0.504 e. The molecule has 0 spiro atoms. The van der Waals surface area contributed by atoms with Crippen LogP contribution in [0.15, 0.2) is 0 Å². The molecule has 0 saturated heterocycles. The molecule has 0 aliphatic carbocycles. The highest BCUT2D eigenvalue weighted by Gasteiger charge is 2.28. The third kappa shape index (κ3) is 7.67. The van der Waals surface area contributed by atoms with Crippen LogP contribution in [0.5, 0.6) is 23.0 Å². The summed E-state index contributed by atoms with van der Waals surface area (Å²) in [5.41, 5.74) is 0.0311. The van der Waals surface area contributed by atoms with Gasteiger partial charge in [-0.05, 0) is 19.3 Å². The predicted molar refractivity (Wildman–Crippen MR) is 115 cm³/mol. The van der Waals surface area contributed by atoms with Gasteiger partial charge in [-0.15, -0.1) is 0 Å². The summed E-state index contributed by atoms with van der Waals surface area (Å²) in [4.78, 5) is 11.7. The minimum absolute atomic E-state index is 0.0494. The summed E-state index contributed by atoms with van der Waals surface area (Å²) >= 11 is 0. The molecule has 0 aliphatic heterocycles. The van der Waals surface area contributed by atoms with Crippen molar-refractivity contribution in [1.82, 2.24) is 0 Å². The number of unbranched alkanes of at least 4 members (excludes halogenated alkanes) is 8. The van der Waals surface area contributed by atoms with Crippen molar-refractivity contribution in [2.45, 2.75) is 91.4 Å². The van der Waals surface area contributed by atoms with Crippen LogP contribution in [0.4, 0.5) is 0 Å². The van der Waals surface area contributed by atoms with Crippen molar-refractivity contribution in [3.05, 3.63) is 11.1 Å². The molecule has 0 bridgehead atoms. The van der Waals surface area contributed by atoms with Crippen molar-refractivity contribution in [3.63, 3.8) is 0 Å². The summed E-state index contributed by atoms with van der Waals surface area (Å²) in [5, 5.41) is 30.2. The van der Waals surface area contributed by atoms with Gasteiger partial charge in [0.1, 0.15) is 5.56 Å². The number of hydrogen-bond acceptors (Lipinski definition) is 5. The highest BCUT2D eigenvalue weighted by atomic mass is 16.5. The number of aromatic hydroxyl groups is 2. The van der Waals surface area contributed by atoms with Gasteiger partial charge in [-0.1, -0.05) is 72.1 Å². The normalized spacial score (nSPS) is 10.9. The number of rotatable bonds is 16. The predicted octanol–water partition coefficient (Wildman–Crippen LogP) is 6.06. The van der Waals surface area contributed by atoms with Gasteiger partial charge in [-0.2, -0.15) is 0 Å². The Morgan fingerprint density at radius 2 is 1.21 bits per heavy atom. The van der Waals surface area contributed by atoms with E-state index in [1.807, 2.05) is 0 Å². The maximum atomic E-state index is 11.7. The average molecular weight is 411 g/mol. The molecule has 29 heavy (non-hydrogen) atoms. The SMILES string of the molecule is CCCCCCCOc1c(O)c(O)c(C(=O)O)c(CC)c1OCCCCCCC. The van der Waals surface area contributed by atoms with Gasteiger partial charge in [0.2, 0.25) is 11.5 Å². The molecule has 3 N–H and O–H groups in total. The van der Waals surface area contributed by atoms with Crippen LogP contribution in [0.2, 0.25) is 0 Å². The lowest BCUT2D eigenvalue weighted by Crippen LogP contribution is -2.10. The second-order valence-electron chi connectivity index (χ2n) is 7.39. The van der Waals surface area contributed by atoms with Gasteiger partial charge >= 0.3 is 5.97 Å². The van der Waals surface area contributed by atoms with Gasteiger partial charge in [0.05, 0.1) is 13.2 Å². The fourth-order valence-electron chi connectivity index (χ4n) is 3.34. The minimum Gasteiger partial charge on any atom is -0.504 e. The molecule has 1 aromatic carbocycles. The van der Waals surface area contributed by atoms with Crippen LogP contribution in [0, 0.1) is 0 Å². The number of benzene rings is 1. The highest BCUT2D eigenvalue weighted by Crippen LogP contribution is 2.49. The first-order valence-electron chi connectivity index (χ1n) is 11.1. The van der Waals surface area contributed by atoms with Crippen LogP contribution in [0.3, 0.4) is 0 Å². The summed E-state index contributed by atoms with van der Waals surface area (Å²) in [6.07, 6.45) is 10.9. The molecule has 0 heterocycles. The second-order valence-corrected chi connectivity index (χ2v) is 7.39. The maximum absolute atomic E-state index is 11.7. The standard InChI is InChI=1S/C23H38O6/c1-4-7-9-11-13-15-28-21-17(6-3)18(23(26)27)19(24)20(25)22(21)29-16-14-12-10-8-5-2/h24-25H,4-16H2,1-3H3,(H,26,27). The van der Waals surface area contributed by atoms with Gasteiger partial charge in [0, 0.05) is 5.56 Å². The molecule has 6 heteroatoms. The Balaban J connectivity index is 2.99. The van der Waals surface area contributed by atoms with E-state index in [0.29, 0.717) is 25.2 Å². The van der Waals surface area contributed by atoms with E-state index >= 15 is 0 Å². The second kappa shape index (κ2) is 14.0. The number of phenolic OH excluding ortho intramolecular Hbond substituents is 1. The van der Waals surface area contributed by atoms with E-state index in [-0.39, 0.29) is 17.1 Å². The van der Waals surface area contributed by atoms with Gasteiger partial charge in [-0.3, -0.25) is 0 Å². The lowest BCUT2D eigenvalue weighted by atomic mass is 10.0. The maximum Gasteiger partial charge on any atom is 0.340 e. The first-order valence-corrected chi connectivity index (χ1v) is 11.1. The first-order chi connectivity index (χ1) is 14.0. The summed E-state index contributed by atoms with van der Waals surface area (Å²) in [7, 11) is 0. The average Bonchev–Trinajstić information content (AvgIpc) is 2.70. The number of carboxylic acid groups (broad SMARTS) is 1. The monoisotopic (exact) mass is 410 g/mol. The number of carboxylic acids is 1. The van der Waals surface area contributed by atoms with Crippen LogP contribution < -0.4 is 9.47 Å². The number of hydrogen-bond donors (Lipinski definition) is 3. The molecule has 0 aliphatic rings. The summed E-state index contributed by atoms with van der Waals surface area (Å²) in [6, 6.07) is 0. The Morgan fingerprint density at radius 1 is 0.724 bits per heavy atom. The number of ether oxygens (including phenoxy) is 2. The van der Waals surface area contributed by atoms with E-state index in [1.54, 1.807) is 6.92 Å². The fourth-order valence-corrected chi connectivity index (χ4v) is 3.34. The number of aromatic carboxylic acids is 1. The molecular weight excluding hydrogens is 372 g/mol. The zero-order valence-corrected chi connectivity index (χ0v) is 18.3. The smallest absolute Gasteiger partial charge is 0.340 e. The van der Waals surface area contributed by atoms with E-state index in [2.05, 4.69) is 13.8 Å². The Labute approximate surface area is 174 Å². The third-order valence-corrected chi connectivity index (χ3v) is 5.01. The van der Waals surface area contributed by atoms with Crippen molar-refractivity contribution < 1.29 is 29.6 Å². The topological polar surface area (TPSA) is 96.2 Å². The third-order valence-electron chi connectivity index (χ3n) is 5.01. The van der Waals surface area contributed by atoms with E-state index in [0.717, 1.165) is 51.4 Å². The van der Waals surface area contributed by atoms with Gasteiger partial charge < -0.3 is 24.8 Å². The fraction of sp³-hybridized carbons (Fsp3) is 0.696. The van der Waals surface area contributed by atoms with E-state index in [9.17, 15) is 20.1 Å². The van der Waals surface area contributed by atoms with Crippen LogP contribution in [0.25, 0.3) is 0 Å². The summed E-state index contributed by atoms with van der Waals surface area (Å²) in [5.74, 6) is -2.23. The van der Waals surface area contributed by atoms with Crippen molar-refractivity contribution in [3.8, 4) is 23.0 Å². The van der Waals surface area contributed by atoms with Crippen molar-refractivity contribution in [1.29, 1.82) is 0 Å². The molecule has 0 saturated carbocycles.